The van der Waals surface area contributed by atoms with Crippen LogP contribution in [0.1, 0.15) is 0 Å². The maximum Gasteiger partial charge on any atom is 0.164 e. The molecule has 3 nitrogen and oxygen atoms in total. The van der Waals surface area contributed by atoms with Gasteiger partial charge in [0.2, 0.25) is 0 Å². The fourth-order valence-electron chi connectivity index (χ4n) is 10.1. The molecule has 0 aliphatic heterocycles. The molecule has 306 valence electrons. The zero-order valence-corrected chi connectivity index (χ0v) is 35.9. The Balaban J connectivity index is 1.05. The molecule has 0 amide bonds. The molecular weight excluding hydrogens is 799 g/mol. The fourth-order valence-corrected chi connectivity index (χ4v) is 10.1. The van der Waals surface area contributed by atoms with Crippen LogP contribution in [0.4, 0.5) is 0 Å². The van der Waals surface area contributed by atoms with E-state index in [1.54, 1.807) is 0 Å². The third kappa shape index (κ3) is 6.40. The van der Waals surface area contributed by atoms with Crippen LogP contribution in [0.15, 0.2) is 237 Å². The highest BCUT2D eigenvalue weighted by atomic mass is 15.0. The molecule has 12 aromatic carbocycles. The van der Waals surface area contributed by atoms with Crippen molar-refractivity contribution < 1.29 is 0 Å². The molecule has 0 bridgehead atoms. The molecule has 0 atom stereocenters. The second-order valence-corrected chi connectivity index (χ2v) is 17.1. The van der Waals surface area contributed by atoms with E-state index in [1.165, 1.54) is 70.2 Å². The standard InChI is InChI=1S/C63H39N3/c1-3-15-40(16-4-1)41-27-29-43(30-28-41)62-64-61(42-17-5-2-6-18-42)65-63(66-62)48-36-46(44-31-33-57-53-23-9-7-19-49(53)51-21-11-13-25-55(51)59(57)38-44)35-47(37-48)45-32-34-58-54-24-10-8-20-50(54)52-22-12-14-26-56(52)60(58)39-45/h1-39H. The molecular formula is C63H39N3. The molecule has 0 aliphatic carbocycles. The molecule has 0 saturated heterocycles. The summed E-state index contributed by atoms with van der Waals surface area (Å²) in [6.45, 7) is 0. The number of hydrogen-bond acceptors (Lipinski definition) is 3. The first-order valence-corrected chi connectivity index (χ1v) is 22.5. The normalized spacial score (nSPS) is 11.6. The Morgan fingerprint density at radius 1 is 0.152 bits per heavy atom. The summed E-state index contributed by atoms with van der Waals surface area (Å²) in [6, 6.07) is 85.0. The van der Waals surface area contributed by atoms with Crippen molar-refractivity contribution in [3.8, 4) is 67.5 Å². The van der Waals surface area contributed by atoms with Gasteiger partial charge in [-0.1, -0.05) is 206 Å². The van der Waals surface area contributed by atoms with Gasteiger partial charge >= 0.3 is 0 Å². The molecule has 0 spiro atoms. The van der Waals surface area contributed by atoms with E-state index in [0.717, 1.165) is 44.5 Å². The maximum atomic E-state index is 5.30. The maximum absolute atomic E-state index is 5.30. The van der Waals surface area contributed by atoms with E-state index in [-0.39, 0.29) is 0 Å². The van der Waals surface area contributed by atoms with Crippen LogP contribution in [0.3, 0.4) is 0 Å². The number of benzene rings is 12. The fraction of sp³-hybridized carbons (Fsp3) is 0. The van der Waals surface area contributed by atoms with Crippen molar-refractivity contribution in [1.82, 2.24) is 15.0 Å². The molecule has 0 radical (unpaired) electrons. The van der Waals surface area contributed by atoms with Crippen molar-refractivity contribution in [2.24, 2.45) is 0 Å². The van der Waals surface area contributed by atoms with Gasteiger partial charge in [0.1, 0.15) is 0 Å². The Labute approximate surface area is 382 Å². The van der Waals surface area contributed by atoms with Crippen molar-refractivity contribution in [3.05, 3.63) is 237 Å². The molecule has 0 N–H and O–H groups in total. The number of hydrogen-bond donors (Lipinski definition) is 0. The van der Waals surface area contributed by atoms with Gasteiger partial charge in [0.15, 0.2) is 17.5 Å². The number of aromatic nitrogens is 3. The highest BCUT2D eigenvalue weighted by molar-refractivity contribution is 6.27. The highest BCUT2D eigenvalue weighted by Crippen LogP contribution is 2.41. The summed E-state index contributed by atoms with van der Waals surface area (Å²) in [6.07, 6.45) is 0. The minimum absolute atomic E-state index is 0.614. The van der Waals surface area contributed by atoms with E-state index in [4.69, 9.17) is 15.0 Å². The van der Waals surface area contributed by atoms with E-state index in [2.05, 4.69) is 212 Å². The van der Waals surface area contributed by atoms with Gasteiger partial charge in [0.25, 0.3) is 0 Å². The summed E-state index contributed by atoms with van der Waals surface area (Å²) in [4.78, 5) is 15.7. The van der Waals surface area contributed by atoms with E-state index < -0.39 is 0 Å². The zero-order chi connectivity index (χ0) is 43.6. The summed E-state index contributed by atoms with van der Waals surface area (Å²) in [5.41, 5.74) is 9.49. The summed E-state index contributed by atoms with van der Waals surface area (Å²) >= 11 is 0. The molecule has 0 aliphatic rings. The minimum atomic E-state index is 0.614. The van der Waals surface area contributed by atoms with E-state index >= 15 is 0 Å². The predicted octanol–water partition coefficient (Wildman–Crippen LogP) is 16.8. The second-order valence-electron chi connectivity index (χ2n) is 17.1. The lowest BCUT2D eigenvalue weighted by Crippen LogP contribution is -2.00. The molecule has 1 aromatic heterocycles. The summed E-state index contributed by atoms with van der Waals surface area (Å²) < 4.78 is 0. The predicted molar refractivity (Wildman–Crippen MR) is 277 cm³/mol. The third-order valence-corrected chi connectivity index (χ3v) is 13.3. The van der Waals surface area contributed by atoms with Crippen LogP contribution in [0, 0.1) is 0 Å². The Kier molecular flexibility index (Phi) is 8.85. The first kappa shape index (κ1) is 37.7. The van der Waals surface area contributed by atoms with Gasteiger partial charge < -0.3 is 0 Å². The first-order valence-electron chi connectivity index (χ1n) is 22.5. The van der Waals surface area contributed by atoms with Gasteiger partial charge in [-0.3, -0.25) is 0 Å². The number of rotatable bonds is 6. The molecule has 13 aromatic rings. The van der Waals surface area contributed by atoms with Gasteiger partial charge in [-0.25, -0.2) is 15.0 Å². The Morgan fingerprint density at radius 3 is 0.818 bits per heavy atom. The van der Waals surface area contributed by atoms with E-state index in [1.807, 2.05) is 24.3 Å². The second kappa shape index (κ2) is 15.5. The van der Waals surface area contributed by atoms with Crippen molar-refractivity contribution in [3.63, 3.8) is 0 Å². The van der Waals surface area contributed by atoms with Gasteiger partial charge in [0, 0.05) is 16.7 Å². The molecule has 66 heavy (non-hydrogen) atoms. The summed E-state index contributed by atoms with van der Waals surface area (Å²) in [7, 11) is 0. The monoisotopic (exact) mass is 837 g/mol. The zero-order valence-electron chi connectivity index (χ0n) is 35.9. The molecule has 1 heterocycles. The highest BCUT2D eigenvalue weighted by Gasteiger charge is 2.18. The van der Waals surface area contributed by atoms with Crippen molar-refractivity contribution >= 4 is 64.6 Å². The number of fused-ring (bicyclic) bond motifs is 12. The van der Waals surface area contributed by atoms with Crippen LogP contribution in [0.25, 0.3) is 132 Å². The van der Waals surface area contributed by atoms with Gasteiger partial charge in [-0.2, -0.15) is 0 Å². The SMILES string of the molecule is c1ccc(-c2ccc(-c3nc(-c4ccccc4)nc(-c4cc(-c5ccc6c7ccccc7c7ccccc7c6c5)cc(-c5ccc6c7ccccc7c7ccccc7c6c5)c4)n3)cc2)cc1. The molecule has 0 unspecified atom stereocenters. The van der Waals surface area contributed by atoms with E-state index in [9.17, 15) is 0 Å². The quantitative estimate of drug-likeness (QED) is 0.157. The largest absolute Gasteiger partial charge is 0.208 e. The molecule has 0 fully saturated rings. The van der Waals surface area contributed by atoms with E-state index in [0.29, 0.717) is 17.5 Å². The van der Waals surface area contributed by atoms with Crippen molar-refractivity contribution in [2.75, 3.05) is 0 Å². The smallest absolute Gasteiger partial charge is 0.164 e. The van der Waals surface area contributed by atoms with Crippen LogP contribution >= 0.6 is 0 Å². The lowest BCUT2D eigenvalue weighted by Gasteiger charge is -2.15. The Morgan fingerprint density at radius 2 is 0.409 bits per heavy atom. The molecule has 3 heteroatoms. The van der Waals surface area contributed by atoms with Crippen molar-refractivity contribution in [1.29, 1.82) is 0 Å². The van der Waals surface area contributed by atoms with Crippen LogP contribution in [-0.2, 0) is 0 Å². The lowest BCUT2D eigenvalue weighted by molar-refractivity contribution is 1.07. The third-order valence-electron chi connectivity index (χ3n) is 13.3. The van der Waals surface area contributed by atoms with Crippen LogP contribution in [0.5, 0.6) is 0 Å². The van der Waals surface area contributed by atoms with Gasteiger partial charge in [0.05, 0.1) is 0 Å². The van der Waals surface area contributed by atoms with Crippen LogP contribution in [0.2, 0.25) is 0 Å². The van der Waals surface area contributed by atoms with Gasteiger partial charge in [-0.05, 0) is 128 Å². The number of nitrogens with zero attached hydrogens (tertiary/aromatic N) is 3. The van der Waals surface area contributed by atoms with Crippen LogP contribution in [-0.4, -0.2) is 15.0 Å². The van der Waals surface area contributed by atoms with Gasteiger partial charge in [-0.15, -0.1) is 0 Å². The lowest BCUT2D eigenvalue weighted by atomic mass is 9.89. The average Bonchev–Trinajstić information content (AvgIpc) is 3.41. The summed E-state index contributed by atoms with van der Waals surface area (Å²) in [5, 5.41) is 15.0. The van der Waals surface area contributed by atoms with Crippen LogP contribution < -0.4 is 0 Å². The Hall–Kier alpha value is -8.79. The molecule has 13 rings (SSSR count). The topological polar surface area (TPSA) is 38.7 Å². The summed E-state index contributed by atoms with van der Waals surface area (Å²) in [5.74, 6) is 1.87. The van der Waals surface area contributed by atoms with Crippen molar-refractivity contribution in [2.45, 2.75) is 0 Å². The minimum Gasteiger partial charge on any atom is -0.208 e. The molecule has 0 saturated carbocycles. The Bertz CT molecular complexity index is 3780. The first-order chi connectivity index (χ1) is 32.7. The average molecular weight is 838 g/mol.